The number of fused-ring (bicyclic) bond motifs is 1. The molecular formula is C30H25F6N5O3S. The van der Waals surface area contributed by atoms with Crippen molar-refractivity contribution in [1.82, 2.24) is 19.8 Å². The van der Waals surface area contributed by atoms with Crippen LogP contribution in [0.3, 0.4) is 0 Å². The van der Waals surface area contributed by atoms with Gasteiger partial charge in [0.25, 0.3) is 11.8 Å². The highest BCUT2D eigenvalue weighted by Crippen LogP contribution is 2.39. The molecule has 1 aliphatic rings. The molecule has 1 aromatic heterocycles. The Bertz CT molecular complexity index is 1680. The van der Waals surface area contributed by atoms with E-state index in [4.69, 9.17) is 0 Å². The first-order chi connectivity index (χ1) is 21.3. The van der Waals surface area contributed by atoms with Crippen molar-refractivity contribution in [2.45, 2.75) is 43.5 Å². The number of amides is 2. The fourth-order valence-electron chi connectivity index (χ4n) is 4.80. The van der Waals surface area contributed by atoms with E-state index in [-0.39, 0.29) is 31.4 Å². The number of nitrogens with one attached hydrogen (secondary N) is 2. The van der Waals surface area contributed by atoms with Crippen molar-refractivity contribution in [2.24, 2.45) is 0 Å². The minimum absolute atomic E-state index is 0.0338. The Balaban J connectivity index is 1.32. The Morgan fingerprint density at radius 2 is 1.64 bits per heavy atom. The summed E-state index contributed by atoms with van der Waals surface area (Å²) in [5.41, 5.74) is -0.861. The zero-order valence-corrected chi connectivity index (χ0v) is 24.3. The van der Waals surface area contributed by atoms with Crippen LogP contribution in [0.4, 0.5) is 32.2 Å². The number of hydrogen-bond donors (Lipinski definition) is 2. The molecule has 0 saturated carbocycles. The van der Waals surface area contributed by atoms with Gasteiger partial charge in [-0.25, -0.2) is 4.68 Å². The van der Waals surface area contributed by atoms with Crippen LogP contribution in [0.25, 0.3) is 0 Å². The Kier molecular flexibility index (Phi) is 9.00. The Morgan fingerprint density at radius 1 is 0.933 bits per heavy atom. The van der Waals surface area contributed by atoms with E-state index in [1.807, 2.05) is 30.3 Å². The van der Waals surface area contributed by atoms with Crippen molar-refractivity contribution in [2.75, 3.05) is 11.4 Å². The number of anilines is 1. The van der Waals surface area contributed by atoms with Crippen LogP contribution < -0.4 is 19.7 Å². The van der Waals surface area contributed by atoms with E-state index in [1.54, 1.807) is 19.1 Å². The molecule has 1 atom stereocenters. The van der Waals surface area contributed by atoms with Crippen LogP contribution in [0.15, 0.2) is 83.8 Å². The molecule has 15 heteroatoms. The zero-order valence-electron chi connectivity index (χ0n) is 23.4. The minimum atomic E-state index is -4.95. The molecule has 4 aromatic rings. The lowest BCUT2D eigenvalue weighted by molar-refractivity contribution is -0.274. The summed E-state index contributed by atoms with van der Waals surface area (Å²) in [6.45, 7) is 1.69. The van der Waals surface area contributed by atoms with E-state index in [2.05, 4.69) is 19.9 Å². The van der Waals surface area contributed by atoms with E-state index in [1.165, 1.54) is 29.2 Å². The first kappa shape index (κ1) is 31.8. The number of nitrogens with zero attached hydrogens (tertiary/aromatic N) is 3. The average molecular weight is 650 g/mol. The van der Waals surface area contributed by atoms with Gasteiger partial charge in [-0.1, -0.05) is 42.5 Å². The van der Waals surface area contributed by atoms with Crippen molar-refractivity contribution in [3.05, 3.63) is 107 Å². The van der Waals surface area contributed by atoms with Crippen molar-refractivity contribution in [1.29, 1.82) is 0 Å². The predicted octanol–water partition coefficient (Wildman–Crippen LogP) is 6.75. The van der Waals surface area contributed by atoms with Crippen LogP contribution in [-0.2, 0) is 19.3 Å². The van der Waals surface area contributed by atoms with E-state index >= 15 is 0 Å². The number of carbonyl (C=O) groups excluding carboxylic acids is 2. The molecule has 2 amide bonds. The third kappa shape index (κ3) is 7.71. The van der Waals surface area contributed by atoms with Gasteiger partial charge in [-0.15, -0.1) is 13.2 Å². The smallest absolute Gasteiger partial charge is 0.406 e. The van der Waals surface area contributed by atoms with Gasteiger partial charge in [0.2, 0.25) is 0 Å². The third-order valence-electron chi connectivity index (χ3n) is 6.83. The fourth-order valence-corrected chi connectivity index (χ4v) is 5.42. The van der Waals surface area contributed by atoms with Crippen molar-refractivity contribution >= 4 is 29.6 Å². The van der Waals surface area contributed by atoms with Crippen LogP contribution in [0.2, 0.25) is 0 Å². The molecule has 0 bridgehead atoms. The van der Waals surface area contributed by atoms with E-state index < -0.39 is 41.5 Å². The highest BCUT2D eigenvalue weighted by molar-refractivity contribution is 7.98. The first-order valence-electron chi connectivity index (χ1n) is 13.5. The second-order valence-electron chi connectivity index (χ2n) is 10.0. The average Bonchev–Trinajstić information content (AvgIpc) is 3.56. The standard InChI is InChI=1S/C30H25F6N5O3S/c1-18(20-10-12-21(13-11-20)26(42)39-45-23-8-3-2-4-9-23)37-27(43)24-25(29(31,32)33)38-41-15-14-40(28(24)41)17-19-6-5-7-22(16-19)44-30(34,35)36/h2-13,16,18H,14-15,17H2,1H3,(H,37,43)(H,39,42). The van der Waals surface area contributed by atoms with Crippen molar-refractivity contribution in [3.8, 4) is 5.75 Å². The molecule has 2 N–H and O–H groups in total. The quantitative estimate of drug-likeness (QED) is 0.154. The van der Waals surface area contributed by atoms with E-state index in [0.717, 1.165) is 33.7 Å². The molecule has 0 spiro atoms. The van der Waals surface area contributed by atoms with Gasteiger partial charge >= 0.3 is 12.5 Å². The second-order valence-corrected chi connectivity index (χ2v) is 10.9. The van der Waals surface area contributed by atoms with E-state index in [0.29, 0.717) is 16.7 Å². The third-order valence-corrected chi connectivity index (χ3v) is 7.63. The lowest BCUT2D eigenvalue weighted by Gasteiger charge is -2.21. The highest BCUT2D eigenvalue weighted by atomic mass is 32.2. The summed E-state index contributed by atoms with van der Waals surface area (Å²) in [5, 5.41) is 6.25. The second kappa shape index (κ2) is 12.8. The van der Waals surface area contributed by atoms with Gasteiger partial charge in [0.05, 0.1) is 12.6 Å². The van der Waals surface area contributed by atoms with Crippen molar-refractivity contribution in [3.63, 3.8) is 0 Å². The van der Waals surface area contributed by atoms with Gasteiger partial charge in [0, 0.05) is 23.5 Å². The normalized spacial score (nSPS) is 13.7. The number of rotatable bonds is 9. The molecule has 45 heavy (non-hydrogen) atoms. The monoisotopic (exact) mass is 649 g/mol. The molecular weight excluding hydrogens is 624 g/mol. The Labute approximate surface area is 257 Å². The van der Waals surface area contributed by atoms with Crippen LogP contribution in [0.1, 0.15) is 50.5 Å². The minimum Gasteiger partial charge on any atom is -0.406 e. The van der Waals surface area contributed by atoms with Gasteiger partial charge in [-0.2, -0.15) is 18.3 Å². The van der Waals surface area contributed by atoms with Crippen LogP contribution in [0, 0.1) is 0 Å². The number of benzene rings is 3. The van der Waals surface area contributed by atoms with E-state index in [9.17, 15) is 35.9 Å². The summed E-state index contributed by atoms with van der Waals surface area (Å²) in [6, 6.07) is 19.8. The number of carbonyl (C=O) groups is 2. The van der Waals surface area contributed by atoms with Gasteiger partial charge in [0.15, 0.2) is 5.69 Å². The fraction of sp³-hybridized carbons (Fsp3) is 0.233. The molecule has 5 rings (SSSR count). The molecule has 8 nitrogen and oxygen atoms in total. The summed E-state index contributed by atoms with van der Waals surface area (Å²) < 4.78 is 87.9. The summed E-state index contributed by atoms with van der Waals surface area (Å²) in [4.78, 5) is 28.2. The number of hydrogen-bond acceptors (Lipinski definition) is 6. The lowest BCUT2D eigenvalue weighted by atomic mass is 10.0. The zero-order chi connectivity index (χ0) is 32.4. The number of halogens is 6. The molecule has 236 valence electrons. The summed E-state index contributed by atoms with van der Waals surface area (Å²) in [5.74, 6) is -1.96. The molecule has 0 aliphatic carbocycles. The van der Waals surface area contributed by atoms with Gasteiger partial charge < -0.3 is 15.0 Å². The molecule has 1 unspecified atom stereocenters. The maximum Gasteiger partial charge on any atom is 0.573 e. The first-order valence-corrected chi connectivity index (χ1v) is 14.3. The molecule has 3 aromatic carbocycles. The van der Waals surface area contributed by atoms with Crippen LogP contribution in [0.5, 0.6) is 5.75 Å². The Morgan fingerprint density at radius 3 is 2.31 bits per heavy atom. The molecule has 0 fully saturated rings. The van der Waals surface area contributed by atoms with Gasteiger partial charge in [-0.05, 0) is 66.4 Å². The number of ether oxygens (including phenoxy) is 1. The van der Waals surface area contributed by atoms with Gasteiger partial charge in [-0.3, -0.25) is 14.3 Å². The number of alkyl halides is 6. The predicted molar refractivity (Wildman–Crippen MR) is 153 cm³/mol. The molecule has 0 radical (unpaired) electrons. The SMILES string of the molecule is CC(NC(=O)c1c(C(F)(F)F)nn2c1N(Cc1cccc(OC(F)(F)F)c1)CC2)c1ccc(C(=O)NSc2ccccc2)cc1. The summed E-state index contributed by atoms with van der Waals surface area (Å²) in [7, 11) is 0. The Hall–Kier alpha value is -4.66. The van der Waals surface area contributed by atoms with Crippen molar-refractivity contribution < 1.29 is 40.7 Å². The van der Waals surface area contributed by atoms with Gasteiger partial charge in [0.1, 0.15) is 17.1 Å². The van der Waals surface area contributed by atoms with Crippen LogP contribution in [-0.4, -0.2) is 34.5 Å². The molecule has 0 saturated heterocycles. The summed E-state index contributed by atoms with van der Waals surface area (Å²) in [6.07, 6.45) is -9.87. The highest BCUT2D eigenvalue weighted by Gasteiger charge is 2.44. The largest absolute Gasteiger partial charge is 0.573 e. The lowest BCUT2D eigenvalue weighted by Crippen LogP contribution is -2.31. The topological polar surface area (TPSA) is 88.5 Å². The van der Waals surface area contributed by atoms with Crippen LogP contribution >= 0.6 is 11.9 Å². The molecule has 2 heterocycles. The summed E-state index contributed by atoms with van der Waals surface area (Å²) >= 11 is 1.15. The maximum atomic E-state index is 14.0. The maximum absolute atomic E-state index is 14.0. The molecule has 1 aliphatic heterocycles. The number of aromatic nitrogens is 2.